The van der Waals surface area contributed by atoms with Gasteiger partial charge in [0.05, 0.1) is 28.3 Å². The molecule has 0 radical (unpaired) electrons. The highest BCUT2D eigenvalue weighted by molar-refractivity contribution is 5.89. The number of benzene rings is 2. The van der Waals surface area contributed by atoms with Gasteiger partial charge in [-0.1, -0.05) is 38.8 Å². The van der Waals surface area contributed by atoms with Crippen LogP contribution in [-0.4, -0.2) is 44.8 Å². The molecule has 0 bridgehead atoms. The third-order valence-corrected chi connectivity index (χ3v) is 7.36. The number of rotatable bonds is 9. The average molecular weight is 509 g/mol. The number of carbonyl (C=O) groups is 1. The Morgan fingerprint density at radius 3 is 2.37 bits per heavy atom. The van der Waals surface area contributed by atoms with Gasteiger partial charge in [0.1, 0.15) is 11.6 Å². The van der Waals surface area contributed by atoms with Crippen LogP contribution in [0.25, 0.3) is 27.8 Å². The van der Waals surface area contributed by atoms with Gasteiger partial charge in [-0.2, -0.15) is 0 Å². The standard InChI is InChI=1S/C31H36N6O/c1-7-12-21-13-11-14-23(20-38)28(21)37-27-17-22(15-16-25(27)35-29(37)26(8-2)36(5)6)24-18-33-30(34-19-24)31(32,9-3)10-4/h11,13-20,26H,8-10,32H2,1-6H3. The number of nitrogens with two attached hydrogens (primary N) is 1. The lowest BCUT2D eigenvalue weighted by molar-refractivity contribution is 0.112. The third-order valence-electron chi connectivity index (χ3n) is 7.36. The van der Waals surface area contributed by atoms with Crippen LogP contribution >= 0.6 is 0 Å². The molecule has 0 spiro atoms. The predicted molar refractivity (Wildman–Crippen MR) is 153 cm³/mol. The van der Waals surface area contributed by atoms with Crippen LogP contribution in [0.3, 0.4) is 0 Å². The van der Waals surface area contributed by atoms with E-state index in [1.807, 2.05) is 56.8 Å². The Hall–Kier alpha value is -3.86. The molecule has 7 nitrogen and oxygen atoms in total. The van der Waals surface area contributed by atoms with Gasteiger partial charge in [0.25, 0.3) is 0 Å². The number of fused-ring (bicyclic) bond motifs is 1. The van der Waals surface area contributed by atoms with Gasteiger partial charge in [0, 0.05) is 29.1 Å². The highest BCUT2D eigenvalue weighted by Crippen LogP contribution is 2.34. The molecule has 2 aromatic carbocycles. The van der Waals surface area contributed by atoms with Gasteiger partial charge in [0.2, 0.25) is 0 Å². The Balaban J connectivity index is 1.99. The van der Waals surface area contributed by atoms with E-state index in [0.29, 0.717) is 11.4 Å². The summed E-state index contributed by atoms with van der Waals surface area (Å²) in [6, 6.07) is 11.8. The predicted octanol–water partition coefficient (Wildman–Crippen LogP) is 5.65. The molecule has 7 heteroatoms. The lowest BCUT2D eigenvalue weighted by atomic mass is 9.93. The topological polar surface area (TPSA) is 89.9 Å². The van der Waals surface area contributed by atoms with Crippen LogP contribution in [0.5, 0.6) is 0 Å². The first-order valence-electron chi connectivity index (χ1n) is 13.1. The van der Waals surface area contributed by atoms with Crippen LogP contribution in [0.1, 0.15) is 80.6 Å². The number of para-hydroxylation sites is 1. The number of hydrogen-bond donors (Lipinski definition) is 1. The maximum atomic E-state index is 12.2. The molecule has 2 aromatic heterocycles. The van der Waals surface area contributed by atoms with Crippen molar-refractivity contribution in [2.45, 2.75) is 58.5 Å². The van der Waals surface area contributed by atoms with Crippen LogP contribution in [0, 0.1) is 11.8 Å². The molecule has 0 fully saturated rings. The number of nitrogens with zero attached hydrogens (tertiary/aromatic N) is 5. The lowest BCUT2D eigenvalue weighted by Crippen LogP contribution is -2.37. The molecule has 196 valence electrons. The Labute approximate surface area is 225 Å². The molecule has 2 heterocycles. The zero-order valence-electron chi connectivity index (χ0n) is 23.1. The fourth-order valence-corrected chi connectivity index (χ4v) is 4.95. The van der Waals surface area contributed by atoms with E-state index in [4.69, 9.17) is 10.7 Å². The molecule has 0 amide bonds. The first-order valence-corrected chi connectivity index (χ1v) is 13.1. The monoisotopic (exact) mass is 508 g/mol. The number of aromatic nitrogens is 4. The van der Waals surface area contributed by atoms with E-state index in [9.17, 15) is 4.79 Å². The summed E-state index contributed by atoms with van der Waals surface area (Å²) in [5.41, 5.74) is 11.7. The summed E-state index contributed by atoms with van der Waals surface area (Å²) in [5, 5.41) is 0. The summed E-state index contributed by atoms with van der Waals surface area (Å²) in [7, 11) is 4.09. The number of imidazole rings is 1. The minimum Gasteiger partial charge on any atom is -0.319 e. The van der Waals surface area contributed by atoms with E-state index in [0.717, 1.165) is 64.8 Å². The first-order chi connectivity index (χ1) is 18.3. The van der Waals surface area contributed by atoms with Gasteiger partial charge < -0.3 is 5.73 Å². The van der Waals surface area contributed by atoms with Crippen LogP contribution in [-0.2, 0) is 5.54 Å². The minimum absolute atomic E-state index is 0.0383. The largest absolute Gasteiger partial charge is 0.319 e. The smallest absolute Gasteiger partial charge is 0.152 e. The van der Waals surface area contributed by atoms with Gasteiger partial charge >= 0.3 is 0 Å². The summed E-state index contributed by atoms with van der Waals surface area (Å²) in [4.78, 5) is 28.7. The van der Waals surface area contributed by atoms with Crippen LogP contribution in [0.15, 0.2) is 48.8 Å². The van der Waals surface area contributed by atoms with Crippen molar-refractivity contribution in [3.8, 4) is 28.7 Å². The van der Waals surface area contributed by atoms with Crippen molar-refractivity contribution in [1.29, 1.82) is 0 Å². The summed E-state index contributed by atoms with van der Waals surface area (Å²) >= 11 is 0. The summed E-state index contributed by atoms with van der Waals surface area (Å²) in [6.45, 7) is 8.05. The Morgan fingerprint density at radius 2 is 1.79 bits per heavy atom. The fraction of sp³-hybridized carbons (Fsp3) is 0.355. The summed E-state index contributed by atoms with van der Waals surface area (Å²) in [5.74, 6) is 7.71. The quantitative estimate of drug-likeness (QED) is 0.232. The van der Waals surface area contributed by atoms with Crippen molar-refractivity contribution in [2.24, 2.45) is 5.73 Å². The molecule has 1 unspecified atom stereocenters. The normalized spacial score (nSPS) is 12.4. The molecule has 0 saturated heterocycles. The zero-order chi connectivity index (χ0) is 27.4. The zero-order valence-corrected chi connectivity index (χ0v) is 23.1. The maximum absolute atomic E-state index is 12.2. The Kier molecular flexibility index (Phi) is 8.05. The molecule has 4 aromatic rings. The van der Waals surface area contributed by atoms with E-state index >= 15 is 0 Å². The Bertz CT molecular complexity index is 1500. The Morgan fingerprint density at radius 1 is 1.08 bits per heavy atom. The van der Waals surface area contributed by atoms with Gasteiger partial charge in [0.15, 0.2) is 6.29 Å². The molecular weight excluding hydrogens is 472 g/mol. The van der Waals surface area contributed by atoms with Crippen LogP contribution in [0.2, 0.25) is 0 Å². The van der Waals surface area contributed by atoms with E-state index < -0.39 is 5.54 Å². The van der Waals surface area contributed by atoms with Gasteiger partial charge in [-0.3, -0.25) is 14.3 Å². The van der Waals surface area contributed by atoms with Crippen molar-refractivity contribution in [1.82, 2.24) is 24.4 Å². The molecule has 0 aliphatic heterocycles. The second-order valence-electron chi connectivity index (χ2n) is 9.79. The molecular formula is C31H36N6O. The average Bonchev–Trinajstić information content (AvgIpc) is 3.30. The number of hydrogen-bond acceptors (Lipinski definition) is 6. The van der Waals surface area contributed by atoms with E-state index in [1.54, 1.807) is 6.92 Å². The van der Waals surface area contributed by atoms with Crippen molar-refractivity contribution < 1.29 is 4.79 Å². The molecule has 0 aliphatic carbocycles. The first kappa shape index (κ1) is 27.2. The highest BCUT2D eigenvalue weighted by Gasteiger charge is 2.27. The molecule has 0 saturated carbocycles. The van der Waals surface area contributed by atoms with Crippen molar-refractivity contribution >= 4 is 17.3 Å². The number of carbonyl (C=O) groups excluding carboxylic acids is 1. The SMILES string of the molecule is CC#Cc1cccc(C=O)c1-n1c(C(CC)N(C)C)nc2ccc(-c3cnc(C(N)(CC)CC)nc3)cc21. The summed E-state index contributed by atoms with van der Waals surface area (Å²) in [6.07, 6.45) is 6.94. The lowest BCUT2D eigenvalue weighted by Gasteiger charge is -2.24. The second kappa shape index (κ2) is 11.3. The molecule has 2 N–H and O–H groups in total. The summed E-state index contributed by atoms with van der Waals surface area (Å²) < 4.78 is 2.10. The minimum atomic E-state index is -0.535. The van der Waals surface area contributed by atoms with Crippen LogP contribution in [0.4, 0.5) is 0 Å². The molecule has 4 rings (SSSR count). The molecule has 38 heavy (non-hydrogen) atoms. The molecule has 0 aliphatic rings. The van der Waals surface area contributed by atoms with Crippen molar-refractivity contribution in [2.75, 3.05) is 14.1 Å². The van der Waals surface area contributed by atoms with Gasteiger partial charge in [-0.15, -0.1) is 5.92 Å². The fourth-order valence-electron chi connectivity index (χ4n) is 4.95. The van der Waals surface area contributed by atoms with E-state index in [2.05, 4.69) is 58.1 Å². The van der Waals surface area contributed by atoms with Gasteiger partial charge in [-0.05, 0) is 70.1 Å². The van der Waals surface area contributed by atoms with Crippen molar-refractivity contribution in [3.63, 3.8) is 0 Å². The number of aldehydes is 1. The van der Waals surface area contributed by atoms with E-state index in [-0.39, 0.29) is 6.04 Å². The van der Waals surface area contributed by atoms with E-state index in [1.165, 1.54) is 0 Å². The third kappa shape index (κ3) is 4.85. The maximum Gasteiger partial charge on any atom is 0.152 e. The van der Waals surface area contributed by atoms with Gasteiger partial charge in [-0.25, -0.2) is 15.0 Å². The van der Waals surface area contributed by atoms with Crippen LogP contribution < -0.4 is 5.73 Å². The second-order valence-corrected chi connectivity index (χ2v) is 9.79. The van der Waals surface area contributed by atoms with Crippen molar-refractivity contribution in [3.05, 3.63) is 71.6 Å². The molecule has 1 atom stereocenters. The highest BCUT2D eigenvalue weighted by atomic mass is 16.1.